The van der Waals surface area contributed by atoms with E-state index in [1.807, 2.05) is 48.5 Å². The molecule has 4 aromatic rings. The molecule has 4 aliphatic rings. The highest BCUT2D eigenvalue weighted by Gasteiger charge is 2.72. The van der Waals surface area contributed by atoms with E-state index in [-0.39, 0.29) is 24.3 Å². The van der Waals surface area contributed by atoms with E-state index in [0.717, 1.165) is 4.90 Å². The van der Waals surface area contributed by atoms with Crippen LogP contribution < -0.4 is 5.32 Å². The molecule has 2 atom stereocenters. The molecule has 3 aliphatic carbocycles. The van der Waals surface area contributed by atoms with E-state index in [0.29, 0.717) is 33.5 Å². The second-order valence-corrected chi connectivity index (χ2v) is 12.7. The Morgan fingerprint density at radius 1 is 0.674 bits per heavy atom. The van der Waals surface area contributed by atoms with Gasteiger partial charge >= 0.3 is 5.97 Å². The molecule has 0 spiro atoms. The third-order valence-corrected chi connectivity index (χ3v) is 10.4. The lowest BCUT2D eigenvalue weighted by molar-refractivity contribution is -0.140. The lowest BCUT2D eigenvalue weighted by Gasteiger charge is -2.54. The van der Waals surface area contributed by atoms with Gasteiger partial charge in [-0.15, -0.1) is 23.2 Å². The van der Waals surface area contributed by atoms with E-state index in [4.69, 9.17) is 27.9 Å². The number of halogens is 2. The van der Waals surface area contributed by atoms with Gasteiger partial charge in [-0.25, -0.2) is 4.79 Å². The summed E-state index contributed by atoms with van der Waals surface area (Å²) >= 11 is 14.9. The van der Waals surface area contributed by atoms with Crippen molar-refractivity contribution in [2.75, 3.05) is 18.5 Å². The van der Waals surface area contributed by atoms with Crippen molar-refractivity contribution in [3.8, 4) is 0 Å². The predicted molar refractivity (Wildman–Crippen MR) is 171 cm³/mol. The quantitative estimate of drug-likeness (QED) is 0.114. The van der Waals surface area contributed by atoms with E-state index in [9.17, 15) is 24.0 Å². The van der Waals surface area contributed by atoms with Crippen LogP contribution in [0, 0.1) is 11.8 Å². The molecule has 3 amide bonds. The van der Waals surface area contributed by atoms with E-state index in [1.165, 1.54) is 24.3 Å². The summed E-state index contributed by atoms with van der Waals surface area (Å²) in [6.07, 6.45) is -0.160. The van der Waals surface area contributed by atoms with Gasteiger partial charge in [-0.2, -0.15) is 0 Å². The fraction of sp³-hybridized carbons (Fsp3) is 0.194. The number of alkyl halides is 2. The van der Waals surface area contributed by atoms with Gasteiger partial charge in [0.1, 0.15) is 9.75 Å². The van der Waals surface area contributed by atoms with Crippen LogP contribution in [0.1, 0.15) is 49.4 Å². The van der Waals surface area contributed by atoms with Crippen molar-refractivity contribution in [3.05, 3.63) is 137 Å². The molecule has 2 bridgehead atoms. The molecule has 4 aromatic carbocycles. The molecule has 1 N–H and O–H groups in total. The number of carbonyl (C=O) groups excluding carboxylic acids is 5. The summed E-state index contributed by atoms with van der Waals surface area (Å²) in [5.74, 6) is -4.21. The van der Waals surface area contributed by atoms with E-state index < -0.39 is 51.9 Å². The van der Waals surface area contributed by atoms with Gasteiger partial charge in [-0.3, -0.25) is 24.1 Å². The number of nitrogens with one attached hydrogen (secondary N) is 1. The average Bonchev–Trinajstić information content (AvgIpc) is 3.35. The molecule has 230 valence electrons. The normalized spacial score (nSPS) is 23.7. The van der Waals surface area contributed by atoms with Crippen LogP contribution in [0.4, 0.5) is 5.69 Å². The Kier molecular flexibility index (Phi) is 7.30. The van der Waals surface area contributed by atoms with E-state index in [2.05, 4.69) is 5.32 Å². The highest BCUT2D eigenvalue weighted by molar-refractivity contribution is 6.36. The summed E-state index contributed by atoms with van der Waals surface area (Å²) in [7, 11) is 0. The van der Waals surface area contributed by atoms with Gasteiger partial charge in [-0.1, -0.05) is 78.9 Å². The first kappa shape index (κ1) is 29.9. The zero-order valence-corrected chi connectivity index (χ0v) is 25.8. The molecule has 8 rings (SSSR count). The number of rotatable bonds is 8. The summed E-state index contributed by atoms with van der Waals surface area (Å²) in [6, 6.07) is 29.3. The van der Waals surface area contributed by atoms with Crippen molar-refractivity contribution >= 4 is 58.4 Å². The van der Waals surface area contributed by atoms with Crippen molar-refractivity contribution in [2.24, 2.45) is 11.8 Å². The molecule has 46 heavy (non-hydrogen) atoms. The van der Waals surface area contributed by atoms with Crippen LogP contribution in [0.3, 0.4) is 0 Å². The first-order chi connectivity index (χ1) is 22.2. The molecule has 8 nitrogen and oxygen atoms in total. The third-order valence-electron chi connectivity index (χ3n) is 9.07. The summed E-state index contributed by atoms with van der Waals surface area (Å²) in [4.78, 5) is 63.9. The third kappa shape index (κ3) is 4.47. The van der Waals surface area contributed by atoms with Crippen molar-refractivity contribution in [2.45, 2.75) is 16.2 Å². The van der Waals surface area contributed by atoms with Gasteiger partial charge in [0.2, 0.25) is 17.7 Å². The Morgan fingerprint density at radius 3 is 1.65 bits per heavy atom. The molecule has 0 unspecified atom stereocenters. The Labute approximate surface area is 274 Å². The highest BCUT2D eigenvalue weighted by atomic mass is 35.5. The number of ketones is 1. The van der Waals surface area contributed by atoms with Crippen molar-refractivity contribution < 1.29 is 28.7 Å². The molecule has 1 fully saturated rings. The number of Topliss-reactive ketones (excluding diaryl/α,β-unsaturated/α-hetero) is 1. The molecule has 0 aromatic heterocycles. The number of ether oxygens (including phenoxy) is 1. The molecule has 0 radical (unpaired) electrons. The molecule has 10 heteroatoms. The van der Waals surface area contributed by atoms with Gasteiger partial charge in [0, 0.05) is 24.2 Å². The fourth-order valence-electron chi connectivity index (χ4n) is 6.99. The van der Waals surface area contributed by atoms with Gasteiger partial charge in [-0.05, 0) is 46.5 Å². The number of hydrogen-bond donors (Lipinski definition) is 1. The summed E-state index contributed by atoms with van der Waals surface area (Å²) in [6.45, 7) is -0.548. The second-order valence-electron chi connectivity index (χ2n) is 11.5. The van der Waals surface area contributed by atoms with Crippen LogP contribution in [-0.4, -0.2) is 47.5 Å². The molecule has 1 heterocycles. The number of esters is 1. The number of benzene rings is 4. The van der Waals surface area contributed by atoms with Crippen molar-refractivity contribution in [1.82, 2.24) is 4.90 Å². The SMILES string of the molecule is O=C(CCN1C(=O)[C@@H]2[C@@H](C1=O)C1(Cl)c3ccccc3C2(Cl)c2ccccc21)Nc1ccc(C(=O)OCC(=O)c2ccccc2)cc1. The Bertz CT molecular complexity index is 1800. The van der Waals surface area contributed by atoms with Gasteiger partial charge in [0.15, 0.2) is 12.4 Å². The van der Waals surface area contributed by atoms with Crippen LogP contribution in [0.25, 0.3) is 0 Å². The Hall–Kier alpha value is -4.79. The van der Waals surface area contributed by atoms with Crippen molar-refractivity contribution in [3.63, 3.8) is 0 Å². The lowest BCUT2D eigenvalue weighted by Crippen LogP contribution is -2.57. The monoisotopic (exact) mass is 652 g/mol. The zero-order chi connectivity index (χ0) is 32.2. The van der Waals surface area contributed by atoms with Crippen LogP contribution in [-0.2, 0) is 28.9 Å². The maximum Gasteiger partial charge on any atom is 0.338 e. The van der Waals surface area contributed by atoms with Crippen molar-refractivity contribution in [1.29, 1.82) is 0 Å². The van der Waals surface area contributed by atoms with E-state index in [1.54, 1.807) is 30.3 Å². The van der Waals surface area contributed by atoms with Crippen LogP contribution in [0.15, 0.2) is 103 Å². The van der Waals surface area contributed by atoms with Crippen LogP contribution >= 0.6 is 23.2 Å². The largest absolute Gasteiger partial charge is 0.454 e. The zero-order valence-electron chi connectivity index (χ0n) is 24.2. The summed E-state index contributed by atoms with van der Waals surface area (Å²) < 4.78 is 5.13. The fourth-order valence-corrected chi connectivity index (χ4v) is 8.09. The summed E-state index contributed by atoms with van der Waals surface area (Å²) in [5.41, 5.74) is 3.89. The first-order valence-electron chi connectivity index (χ1n) is 14.7. The number of imide groups is 1. The summed E-state index contributed by atoms with van der Waals surface area (Å²) in [5, 5.41) is 2.72. The molecule has 0 saturated carbocycles. The molecular weight excluding hydrogens is 627 g/mol. The maximum atomic E-state index is 13.9. The second kappa shape index (κ2) is 11.2. The predicted octanol–water partition coefficient (Wildman–Crippen LogP) is 5.65. The first-order valence-corrected chi connectivity index (χ1v) is 15.5. The Balaban J connectivity index is 1.01. The topological polar surface area (TPSA) is 110 Å². The van der Waals surface area contributed by atoms with Crippen LogP contribution in [0.5, 0.6) is 0 Å². The number of carbonyl (C=O) groups is 5. The Morgan fingerprint density at radius 2 is 1.15 bits per heavy atom. The van der Waals surface area contributed by atoms with E-state index >= 15 is 0 Å². The number of hydrogen-bond acceptors (Lipinski definition) is 6. The molecular formula is C36H26Cl2N2O6. The minimum atomic E-state index is -1.28. The number of anilines is 1. The number of likely N-dealkylation sites (tertiary alicyclic amines) is 1. The average molecular weight is 654 g/mol. The van der Waals surface area contributed by atoms with Gasteiger partial charge in [0.05, 0.1) is 17.4 Å². The minimum absolute atomic E-state index is 0.150. The number of amides is 3. The lowest BCUT2D eigenvalue weighted by atomic mass is 9.54. The minimum Gasteiger partial charge on any atom is -0.454 e. The van der Waals surface area contributed by atoms with Gasteiger partial charge in [0.25, 0.3) is 0 Å². The maximum absolute atomic E-state index is 13.9. The smallest absolute Gasteiger partial charge is 0.338 e. The standard InChI is InChI=1S/C36H26Cl2N2O6/c37-35-24-10-4-5-11-25(24)36(38,27-13-7-6-12-26(27)35)31-30(35)32(43)40(33(31)44)19-18-29(42)39-23-16-14-22(15-17-23)34(45)46-20-28(41)21-8-2-1-3-9-21/h1-17,30-31H,18-20H2,(H,39,42)/t30-,31-,35?,36?/m0/s1. The number of nitrogens with zero attached hydrogens (tertiary/aromatic N) is 1. The molecule has 1 saturated heterocycles. The molecule has 1 aliphatic heterocycles. The van der Waals surface area contributed by atoms with Crippen LogP contribution in [0.2, 0.25) is 0 Å². The highest BCUT2D eigenvalue weighted by Crippen LogP contribution is 2.69. The van der Waals surface area contributed by atoms with Gasteiger partial charge < -0.3 is 10.1 Å².